The van der Waals surface area contributed by atoms with Crippen molar-refractivity contribution in [3.8, 4) is 11.1 Å². The van der Waals surface area contributed by atoms with E-state index < -0.39 is 0 Å². The second kappa shape index (κ2) is 8.71. The van der Waals surface area contributed by atoms with Crippen LogP contribution in [0.15, 0.2) is 78.9 Å². The Morgan fingerprint density at radius 1 is 0.828 bits per heavy atom. The third-order valence-electron chi connectivity index (χ3n) is 4.98. The fourth-order valence-electron chi connectivity index (χ4n) is 3.36. The molecule has 0 bridgehead atoms. The second-order valence-electron chi connectivity index (χ2n) is 6.93. The average Bonchev–Trinajstić information content (AvgIpc) is 2.80. The highest BCUT2D eigenvalue weighted by Crippen LogP contribution is 2.20. The van der Waals surface area contributed by atoms with Gasteiger partial charge in [-0.05, 0) is 35.4 Å². The maximum atomic E-state index is 12.7. The van der Waals surface area contributed by atoms with Crippen LogP contribution in [0.1, 0.15) is 15.9 Å². The number of amidine groups is 1. The quantitative estimate of drug-likeness (QED) is 0.521. The van der Waals surface area contributed by atoms with Gasteiger partial charge in [0.1, 0.15) is 5.84 Å². The fourth-order valence-corrected chi connectivity index (χ4v) is 3.36. The zero-order valence-electron chi connectivity index (χ0n) is 16.1. The Balaban J connectivity index is 1.45. The molecule has 1 aliphatic rings. The van der Waals surface area contributed by atoms with Crippen LogP contribution in [0.3, 0.4) is 0 Å². The number of anilines is 1. The molecule has 4 rings (SSSR count). The second-order valence-corrected chi connectivity index (χ2v) is 6.93. The molecular formula is C24H23N3O2. The summed E-state index contributed by atoms with van der Waals surface area (Å²) in [7, 11) is 0. The molecule has 3 aromatic carbocycles. The van der Waals surface area contributed by atoms with Gasteiger partial charge in [0, 0.05) is 29.9 Å². The number of nitrogens with zero attached hydrogens (tertiary/aromatic N) is 1. The van der Waals surface area contributed by atoms with Gasteiger partial charge in [-0.15, -0.1) is 0 Å². The molecule has 0 atom stereocenters. The highest BCUT2D eigenvalue weighted by Gasteiger charge is 2.16. The fraction of sp³-hybridized carbons (Fsp3) is 0.167. The summed E-state index contributed by atoms with van der Waals surface area (Å²) in [4.78, 5) is 14.6. The number of benzene rings is 3. The van der Waals surface area contributed by atoms with Gasteiger partial charge >= 0.3 is 0 Å². The maximum absolute atomic E-state index is 12.7. The van der Waals surface area contributed by atoms with E-state index in [2.05, 4.69) is 5.32 Å². The van der Waals surface area contributed by atoms with Crippen LogP contribution in [0.4, 0.5) is 5.69 Å². The van der Waals surface area contributed by atoms with Crippen molar-refractivity contribution in [2.45, 2.75) is 0 Å². The number of carbonyl (C=O) groups is 1. The van der Waals surface area contributed by atoms with Crippen LogP contribution in [-0.2, 0) is 4.74 Å². The predicted molar refractivity (Wildman–Crippen MR) is 115 cm³/mol. The van der Waals surface area contributed by atoms with E-state index in [1.165, 1.54) is 0 Å². The van der Waals surface area contributed by atoms with Gasteiger partial charge in [0.05, 0.1) is 13.2 Å². The molecule has 1 fully saturated rings. The summed E-state index contributed by atoms with van der Waals surface area (Å²) in [6, 6.07) is 25.1. The molecule has 0 radical (unpaired) electrons. The molecule has 5 heteroatoms. The Morgan fingerprint density at radius 2 is 1.52 bits per heavy atom. The van der Waals surface area contributed by atoms with Gasteiger partial charge in [-0.1, -0.05) is 54.6 Å². The SMILES string of the molecule is N=C(c1cccc(NC(=O)c2ccc(-c3ccccc3)cc2)c1)N1CCOCC1. The van der Waals surface area contributed by atoms with Crippen LogP contribution < -0.4 is 5.32 Å². The lowest BCUT2D eigenvalue weighted by molar-refractivity contribution is 0.0680. The average molecular weight is 385 g/mol. The summed E-state index contributed by atoms with van der Waals surface area (Å²) < 4.78 is 5.35. The minimum atomic E-state index is -0.167. The molecule has 0 unspecified atom stereocenters. The van der Waals surface area contributed by atoms with E-state index in [0.29, 0.717) is 43.4 Å². The zero-order valence-corrected chi connectivity index (χ0v) is 16.1. The molecule has 1 heterocycles. The maximum Gasteiger partial charge on any atom is 0.255 e. The highest BCUT2D eigenvalue weighted by atomic mass is 16.5. The Hall–Kier alpha value is -3.44. The van der Waals surface area contributed by atoms with Crippen molar-refractivity contribution in [1.82, 2.24) is 4.90 Å². The third kappa shape index (κ3) is 4.52. The van der Waals surface area contributed by atoms with Crippen LogP contribution in [0.2, 0.25) is 0 Å². The van der Waals surface area contributed by atoms with Gasteiger partial charge in [0.2, 0.25) is 0 Å². The van der Waals surface area contributed by atoms with Crippen molar-refractivity contribution < 1.29 is 9.53 Å². The molecule has 2 N–H and O–H groups in total. The molecule has 0 aliphatic carbocycles. The molecule has 0 spiro atoms. The molecule has 0 saturated carbocycles. The normalized spacial score (nSPS) is 13.7. The molecule has 29 heavy (non-hydrogen) atoms. The van der Waals surface area contributed by atoms with Crippen LogP contribution in [0.5, 0.6) is 0 Å². The number of nitrogens with one attached hydrogen (secondary N) is 2. The Bertz CT molecular complexity index is 994. The van der Waals surface area contributed by atoms with E-state index in [-0.39, 0.29) is 5.91 Å². The number of morpholine rings is 1. The minimum Gasteiger partial charge on any atom is -0.378 e. The van der Waals surface area contributed by atoms with E-state index >= 15 is 0 Å². The van der Waals surface area contributed by atoms with Gasteiger partial charge in [-0.2, -0.15) is 0 Å². The number of hydrogen-bond acceptors (Lipinski definition) is 3. The van der Waals surface area contributed by atoms with Crippen molar-refractivity contribution in [2.24, 2.45) is 0 Å². The smallest absolute Gasteiger partial charge is 0.255 e. The molecule has 0 aromatic heterocycles. The molecule has 3 aromatic rings. The van der Waals surface area contributed by atoms with Crippen LogP contribution in [0, 0.1) is 5.41 Å². The number of amides is 1. The lowest BCUT2D eigenvalue weighted by atomic mass is 10.0. The first-order chi connectivity index (χ1) is 14.2. The van der Waals surface area contributed by atoms with E-state index in [4.69, 9.17) is 10.1 Å². The Labute approximate surface area is 170 Å². The lowest BCUT2D eigenvalue weighted by Crippen LogP contribution is -2.40. The van der Waals surface area contributed by atoms with Crippen molar-refractivity contribution in [3.63, 3.8) is 0 Å². The largest absolute Gasteiger partial charge is 0.378 e. The van der Waals surface area contributed by atoms with E-state index in [9.17, 15) is 4.79 Å². The molecule has 146 valence electrons. The summed E-state index contributed by atoms with van der Waals surface area (Å²) in [6.45, 7) is 2.70. The van der Waals surface area contributed by atoms with Gasteiger partial charge in [-0.3, -0.25) is 10.2 Å². The van der Waals surface area contributed by atoms with Crippen LogP contribution in [-0.4, -0.2) is 42.9 Å². The third-order valence-corrected chi connectivity index (χ3v) is 4.98. The molecule has 1 amide bonds. The Morgan fingerprint density at radius 3 is 2.24 bits per heavy atom. The topological polar surface area (TPSA) is 65.4 Å². The number of rotatable bonds is 4. The van der Waals surface area contributed by atoms with Crippen molar-refractivity contribution >= 4 is 17.4 Å². The Kier molecular flexibility index (Phi) is 5.68. The molecule has 1 saturated heterocycles. The summed E-state index contributed by atoms with van der Waals surface area (Å²) >= 11 is 0. The molecule has 1 aliphatic heterocycles. The number of hydrogen-bond donors (Lipinski definition) is 2. The van der Waals surface area contributed by atoms with Gasteiger partial charge in [0.25, 0.3) is 5.91 Å². The van der Waals surface area contributed by atoms with Gasteiger partial charge in [-0.25, -0.2) is 0 Å². The minimum absolute atomic E-state index is 0.167. The first-order valence-electron chi connectivity index (χ1n) is 9.69. The summed E-state index contributed by atoms with van der Waals surface area (Å²) in [5.41, 5.74) is 4.25. The van der Waals surface area contributed by atoms with Crippen molar-refractivity contribution in [3.05, 3.63) is 90.0 Å². The van der Waals surface area contributed by atoms with Crippen molar-refractivity contribution in [2.75, 3.05) is 31.6 Å². The van der Waals surface area contributed by atoms with Gasteiger partial charge in [0.15, 0.2) is 0 Å². The number of carbonyl (C=O) groups excluding carboxylic acids is 1. The number of ether oxygens (including phenoxy) is 1. The van der Waals surface area contributed by atoms with Crippen molar-refractivity contribution in [1.29, 1.82) is 5.41 Å². The van der Waals surface area contributed by atoms with E-state index in [1.54, 1.807) is 0 Å². The van der Waals surface area contributed by atoms with Crippen LogP contribution in [0.25, 0.3) is 11.1 Å². The first kappa shape index (κ1) is 18.9. The summed E-state index contributed by atoms with van der Waals surface area (Å²) in [6.07, 6.45) is 0. The van der Waals surface area contributed by atoms with E-state index in [0.717, 1.165) is 16.7 Å². The van der Waals surface area contributed by atoms with E-state index in [1.807, 2.05) is 83.8 Å². The highest BCUT2D eigenvalue weighted by molar-refractivity contribution is 6.05. The lowest BCUT2D eigenvalue weighted by Gasteiger charge is -2.29. The summed E-state index contributed by atoms with van der Waals surface area (Å²) in [5.74, 6) is 0.288. The van der Waals surface area contributed by atoms with Gasteiger partial charge < -0.3 is 15.0 Å². The van der Waals surface area contributed by atoms with Crippen LogP contribution >= 0.6 is 0 Å². The monoisotopic (exact) mass is 385 g/mol. The first-order valence-corrected chi connectivity index (χ1v) is 9.69. The standard InChI is InChI=1S/C24H23N3O2/c25-23(27-13-15-29-16-14-27)21-7-4-8-22(17-21)26-24(28)20-11-9-19(10-12-20)18-5-2-1-3-6-18/h1-12,17,25H,13-16H2,(H,26,28). The predicted octanol–water partition coefficient (Wildman–Crippen LogP) is 4.26. The summed E-state index contributed by atoms with van der Waals surface area (Å²) in [5, 5.41) is 11.4. The zero-order chi connectivity index (χ0) is 20.1. The molecular weight excluding hydrogens is 362 g/mol. The molecule has 5 nitrogen and oxygen atoms in total.